The zero-order valence-electron chi connectivity index (χ0n) is 17.8. The van der Waals surface area contributed by atoms with E-state index in [0.717, 1.165) is 30.1 Å². The Kier molecular flexibility index (Phi) is 9.14. The molecular formula is C21H31N5O4. The number of carbonyl (C=O) groups excluding carboxylic acids is 1. The highest BCUT2D eigenvalue weighted by Crippen LogP contribution is 2.16. The molecule has 0 bridgehead atoms. The number of hydrogen-bond donors (Lipinski definition) is 2. The topological polar surface area (TPSA) is 99.9 Å². The van der Waals surface area contributed by atoms with Crippen molar-refractivity contribution in [2.45, 2.75) is 32.4 Å². The summed E-state index contributed by atoms with van der Waals surface area (Å²) >= 11 is 0. The Morgan fingerprint density at radius 2 is 2.10 bits per heavy atom. The van der Waals surface area contributed by atoms with E-state index in [1.807, 2.05) is 30.5 Å². The Hall–Kier alpha value is -3.07. The molecule has 1 saturated heterocycles. The molecule has 2 aromatic rings. The van der Waals surface area contributed by atoms with Crippen LogP contribution in [0.2, 0.25) is 0 Å². The first-order chi connectivity index (χ1) is 14.5. The van der Waals surface area contributed by atoms with Crippen molar-refractivity contribution in [3.8, 4) is 11.4 Å². The van der Waals surface area contributed by atoms with Crippen LogP contribution in [0.15, 0.2) is 36.7 Å². The normalized spacial score (nSPS) is 14.4. The second-order valence-corrected chi connectivity index (χ2v) is 7.23. The molecule has 0 aliphatic carbocycles. The Bertz CT molecular complexity index is 804. The van der Waals surface area contributed by atoms with Crippen LogP contribution in [0.4, 0.5) is 4.79 Å². The summed E-state index contributed by atoms with van der Waals surface area (Å²) in [4.78, 5) is 24.9. The van der Waals surface area contributed by atoms with E-state index in [4.69, 9.17) is 14.6 Å². The van der Waals surface area contributed by atoms with E-state index >= 15 is 0 Å². The summed E-state index contributed by atoms with van der Waals surface area (Å²) in [5, 5.41) is 14.3. The molecule has 2 amide bonds. The van der Waals surface area contributed by atoms with E-state index < -0.39 is 0 Å². The van der Waals surface area contributed by atoms with Gasteiger partial charge in [-0.3, -0.25) is 9.69 Å². The maximum atomic E-state index is 12.4. The molecule has 1 aliphatic heterocycles. The first-order valence-electron chi connectivity index (χ1n) is 9.97. The minimum Gasteiger partial charge on any atom is -0.497 e. The zero-order chi connectivity index (χ0) is 21.9. The van der Waals surface area contributed by atoms with Crippen molar-refractivity contribution in [1.29, 1.82) is 0 Å². The number of likely N-dealkylation sites (tertiary alicyclic amines) is 1. The van der Waals surface area contributed by atoms with E-state index in [2.05, 4.69) is 22.2 Å². The van der Waals surface area contributed by atoms with Gasteiger partial charge in [-0.05, 0) is 45.0 Å². The lowest BCUT2D eigenvalue weighted by atomic mass is 10.3. The van der Waals surface area contributed by atoms with Gasteiger partial charge in [0.2, 0.25) is 0 Å². The van der Waals surface area contributed by atoms with Crippen LogP contribution in [0, 0.1) is 0 Å². The fourth-order valence-corrected chi connectivity index (χ4v) is 3.36. The van der Waals surface area contributed by atoms with Gasteiger partial charge in [0.25, 0.3) is 6.47 Å². The van der Waals surface area contributed by atoms with Crippen LogP contribution in [0.3, 0.4) is 0 Å². The van der Waals surface area contributed by atoms with E-state index in [0.29, 0.717) is 19.1 Å². The summed E-state index contributed by atoms with van der Waals surface area (Å²) < 4.78 is 7.05. The van der Waals surface area contributed by atoms with Crippen molar-refractivity contribution < 1.29 is 19.4 Å². The third kappa shape index (κ3) is 6.77. The number of carboxylic acid groups (broad SMARTS) is 1. The van der Waals surface area contributed by atoms with Gasteiger partial charge in [-0.2, -0.15) is 5.10 Å². The van der Waals surface area contributed by atoms with E-state index in [-0.39, 0.29) is 12.5 Å². The van der Waals surface area contributed by atoms with Gasteiger partial charge in [-0.15, -0.1) is 0 Å². The summed E-state index contributed by atoms with van der Waals surface area (Å²) in [5.41, 5.74) is 1.90. The number of hydrogen-bond acceptors (Lipinski definition) is 5. The summed E-state index contributed by atoms with van der Waals surface area (Å²) in [7, 11) is 3.45. The number of nitrogens with zero attached hydrogens (tertiary/aromatic N) is 4. The van der Waals surface area contributed by atoms with Crippen molar-refractivity contribution in [2.75, 3.05) is 33.8 Å². The standard InChI is InChI=1S/C20H29N5O2.CH2O2/c1-16(24-9-4-5-10-24)12-21-20(26)23(2)14-17-13-22-25(15-17)18-7-6-8-19(11-18)27-3;2-1-3/h6-8,11,13,15-16H,4-5,9-10,12,14H2,1-3H3,(H,21,26);1H,(H,2,3). The smallest absolute Gasteiger partial charge is 0.317 e. The molecular weight excluding hydrogens is 386 g/mol. The summed E-state index contributed by atoms with van der Waals surface area (Å²) in [6.45, 7) is 5.37. The lowest BCUT2D eigenvalue weighted by molar-refractivity contribution is -0.122. The van der Waals surface area contributed by atoms with E-state index in [9.17, 15) is 4.79 Å². The number of urea groups is 1. The van der Waals surface area contributed by atoms with Crippen molar-refractivity contribution in [2.24, 2.45) is 0 Å². The predicted octanol–water partition coefficient (Wildman–Crippen LogP) is 2.21. The largest absolute Gasteiger partial charge is 0.497 e. The molecule has 1 aliphatic rings. The molecule has 3 rings (SSSR count). The van der Waals surface area contributed by atoms with E-state index in [1.54, 1.807) is 29.9 Å². The van der Waals surface area contributed by atoms with Gasteiger partial charge >= 0.3 is 6.03 Å². The van der Waals surface area contributed by atoms with Gasteiger partial charge in [-0.25, -0.2) is 9.48 Å². The molecule has 0 spiro atoms. The molecule has 9 nitrogen and oxygen atoms in total. The lowest BCUT2D eigenvalue weighted by Gasteiger charge is -2.25. The monoisotopic (exact) mass is 417 g/mol. The van der Waals surface area contributed by atoms with Crippen LogP contribution in [-0.4, -0.2) is 77.0 Å². The molecule has 30 heavy (non-hydrogen) atoms. The minimum absolute atomic E-state index is 0.0600. The van der Waals surface area contributed by atoms with Gasteiger partial charge < -0.3 is 20.1 Å². The summed E-state index contributed by atoms with van der Waals surface area (Å²) in [6.07, 6.45) is 6.24. The molecule has 0 radical (unpaired) electrons. The fourth-order valence-electron chi connectivity index (χ4n) is 3.36. The Morgan fingerprint density at radius 1 is 1.40 bits per heavy atom. The zero-order valence-corrected chi connectivity index (χ0v) is 17.8. The maximum absolute atomic E-state index is 12.4. The van der Waals surface area contributed by atoms with Crippen molar-refractivity contribution >= 4 is 12.5 Å². The predicted molar refractivity (Wildman–Crippen MR) is 114 cm³/mol. The SMILES string of the molecule is COc1cccc(-n2cc(CN(C)C(=O)NCC(C)N3CCCC3)cn2)c1.O=CO. The molecule has 1 fully saturated rings. The average Bonchev–Trinajstić information content (AvgIpc) is 3.45. The van der Waals surface area contributed by atoms with Crippen molar-refractivity contribution in [3.05, 3.63) is 42.2 Å². The quantitative estimate of drug-likeness (QED) is 0.670. The van der Waals surface area contributed by atoms with Gasteiger partial charge in [-0.1, -0.05) is 6.07 Å². The molecule has 1 aromatic carbocycles. The first-order valence-corrected chi connectivity index (χ1v) is 9.97. The van der Waals surface area contributed by atoms with E-state index in [1.165, 1.54) is 12.8 Å². The van der Waals surface area contributed by atoms with Crippen LogP contribution in [-0.2, 0) is 11.3 Å². The molecule has 1 aromatic heterocycles. The summed E-state index contributed by atoms with van der Waals surface area (Å²) in [6, 6.07) is 8.03. The highest BCUT2D eigenvalue weighted by Gasteiger charge is 2.19. The van der Waals surface area contributed by atoms with Crippen LogP contribution in [0.5, 0.6) is 5.75 Å². The Labute approximate surface area is 177 Å². The molecule has 9 heteroatoms. The number of amides is 2. The van der Waals surface area contributed by atoms with Gasteiger partial charge in [0.05, 0.1) is 25.5 Å². The van der Waals surface area contributed by atoms with Crippen LogP contribution < -0.4 is 10.1 Å². The first kappa shape index (κ1) is 23.2. The molecule has 0 saturated carbocycles. The second kappa shape index (κ2) is 11.8. The number of carbonyl (C=O) groups is 2. The average molecular weight is 418 g/mol. The Balaban J connectivity index is 0.00000101. The second-order valence-electron chi connectivity index (χ2n) is 7.23. The highest BCUT2D eigenvalue weighted by molar-refractivity contribution is 5.73. The van der Waals surface area contributed by atoms with Crippen LogP contribution in [0.1, 0.15) is 25.3 Å². The number of benzene rings is 1. The maximum Gasteiger partial charge on any atom is 0.317 e. The lowest BCUT2D eigenvalue weighted by Crippen LogP contribution is -2.44. The summed E-state index contributed by atoms with van der Waals surface area (Å²) in [5.74, 6) is 0.785. The van der Waals surface area contributed by atoms with Gasteiger partial charge in [0.15, 0.2) is 0 Å². The number of methoxy groups -OCH3 is 1. The number of ether oxygens (including phenoxy) is 1. The number of rotatable bonds is 7. The third-order valence-corrected chi connectivity index (χ3v) is 5.03. The van der Waals surface area contributed by atoms with Gasteiger partial charge in [0, 0.05) is 37.5 Å². The molecule has 1 unspecified atom stereocenters. The fraction of sp³-hybridized carbons (Fsp3) is 0.476. The molecule has 1 atom stereocenters. The van der Waals surface area contributed by atoms with Crippen LogP contribution >= 0.6 is 0 Å². The number of nitrogens with one attached hydrogen (secondary N) is 1. The number of aromatic nitrogens is 2. The third-order valence-electron chi connectivity index (χ3n) is 5.03. The minimum atomic E-state index is -0.250. The highest BCUT2D eigenvalue weighted by atomic mass is 16.5. The Morgan fingerprint density at radius 3 is 2.77 bits per heavy atom. The molecule has 164 valence electrons. The van der Waals surface area contributed by atoms with Crippen molar-refractivity contribution in [3.63, 3.8) is 0 Å². The molecule has 2 N–H and O–H groups in total. The van der Waals surface area contributed by atoms with Crippen molar-refractivity contribution in [1.82, 2.24) is 24.9 Å². The van der Waals surface area contributed by atoms with Gasteiger partial charge in [0.1, 0.15) is 5.75 Å². The molecule has 2 heterocycles. The van der Waals surface area contributed by atoms with Crippen LogP contribution in [0.25, 0.3) is 5.69 Å².